The molecular formula is C11H6BrClN2O2. The van der Waals surface area contributed by atoms with Crippen LogP contribution in [0.3, 0.4) is 0 Å². The summed E-state index contributed by atoms with van der Waals surface area (Å²) < 4.78 is 0.350. The van der Waals surface area contributed by atoms with Crippen LogP contribution >= 0.6 is 27.5 Å². The first kappa shape index (κ1) is 12.0. The molecule has 0 spiro atoms. The van der Waals surface area contributed by atoms with Crippen LogP contribution in [0.25, 0.3) is 11.4 Å². The van der Waals surface area contributed by atoms with Gasteiger partial charge >= 0.3 is 5.97 Å². The van der Waals surface area contributed by atoms with Gasteiger partial charge in [-0.1, -0.05) is 11.6 Å². The van der Waals surface area contributed by atoms with Crippen molar-refractivity contribution in [1.29, 1.82) is 0 Å². The van der Waals surface area contributed by atoms with E-state index >= 15 is 0 Å². The summed E-state index contributed by atoms with van der Waals surface area (Å²) in [5.41, 5.74) is 0.648. The average molecular weight is 314 g/mol. The SMILES string of the molecule is O=C(O)c1nc(-c2ccc(Cl)cc2)ncc1Br. The molecule has 1 aromatic carbocycles. The lowest BCUT2D eigenvalue weighted by Crippen LogP contribution is -2.04. The quantitative estimate of drug-likeness (QED) is 0.924. The summed E-state index contributed by atoms with van der Waals surface area (Å²) >= 11 is 8.85. The molecule has 0 unspecified atom stereocenters. The number of carboxylic acids is 1. The Bertz CT molecular complexity index is 572. The average Bonchev–Trinajstić information content (AvgIpc) is 2.30. The number of benzene rings is 1. The van der Waals surface area contributed by atoms with Crippen molar-refractivity contribution < 1.29 is 9.90 Å². The topological polar surface area (TPSA) is 63.1 Å². The van der Waals surface area contributed by atoms with Crippen LogP contribution in [0.2, 0.25) is 5.02 Å². The largest absolute Gasteiger partial charge is 0.476 e. The molecule has 0 aliphatic rings. The highest BCUT2D eigenvalue weighted by atomic mass is 79.9. The third kappa shape index (κ3) is 2.62. The summed E-state index contributed by atoms with van der Waals surface area (Å²) in [6.07, 6.45) is 1.42. The van der Waals surface area contributed by atoms with Crippen LogP contribution in [-0.4, -0.2) is 21.0 Å². The molecule has 1 aromatic heterocycles. The van der Waals surface area contributed by atoms with Gasteiger partial charge in [-0.05, 0) is 40.2 Å². The molecule has 0 aliphatic carbocycles. The minimum Gasteiger partial charge on any atom is -0.476 e. The van der Waals surface area contributed by atoms with Crippen LogP contribution in [0.4, 0.5) is 0 Å². The Morgan fingerprint density at radius 3 is 2.53 bits per heavy atom. The zero-order valence-corrected chi connectivity index (χ0v) is 10.7. The maximum atomic E-state index is 10.9. The van der Waals surface area contributed by atoms with Gasteiger partial charge in [-0.25, -0.2) is 14.8 Å². The number of carboxylic acid groups (broad SMARTS) is 1. The Hall–Kier alpha value is -1.46. The minimum atomic E-state index is -1.10. The van der Waals surface area contributed by atoms with Crippen molar-refractivity contribution in [1.82, 2.24) is 9.97 Å². The first-order chi connectivity index (χ1) is 8.08. The Kier molecular flexibility index (Phi) is 3.40. The van der Waals surface area contributed by atoms with E-state index in [-0.39, 0.29) is 5.69 Å². The summed E-state index contributed by atoms with van der Waals surface area (Å²) in [6.45, 7) is 0. The number of rotatable bonds is 2. The highest BCUT2D eigenvalue weighted by Crippen LogP contribution is 2.21. The first-order valence-electron chi connectivity index (χ1n) is 4.59. The molecule has 0 atom stereocenters. The summed E-state index contributed by atoms with van der Waals surface area (Å²) in [5.74, 6) is -0.753. The lowest BCUT2D eigenvalue weighted by molar-refractivity contribution is 0.0689. The molecule has 1 heterocycles. The van der Waals surface area contributed by atoms with Crippen LogP contribution in [0.15, 0.2) is 34.9 Å². The van der Waals surface area contributed by atoms with E-state index in [0.29, 0.717) is 20.9 Å². The van der Waals surface area contributed by atoms with E-state index in [9.17, 15) is 4.79 Å². The summed E-state index contributed by atoms with van der Waals surface area (Å²) in [4.78, 5) is 18.9. The van der Waals surface area contributed by atoms with E-state index < -0.39 is 5.97 Å². The molecule has 0 radical (unpaired) electrons. The smallest absolute Gasteiger partial charge is 0.355 e. The molecule has 0 fully saturated rings. The van der Waals surface area contributed by atoms with E-state index in [1.165, 1.54) is 6.20 Å². The highest BCUT2D eigenvalue weighted by Gasteiger charge is 2.12. The van der Waals surface area contributed by atoms with E-state index in [1.54, 1.807) is 24.3 Å². The van der Waals surface area contributed by atoms with Gasteiger partial charge in [-0.3, -0.25) is 0 Å². The van der Waals surface area contributed by atoms with E-state index in [2.05, 4.69) is 25.9 Å². The molecule has 0 saturated carbocycles. The monoisotopic (exact) mass is 312 g/mol. The second-order valence-corrected chi connectivity index (χ2v) is 4.49. The number of aromatic nitrogens is 2. The summed E-state index contributed by atoms with van der Waals surface area (Å²) in [5, 5.41) is 9.54. The van der Waals surface area contributed by atoms with Crippen LogP contribution in [0.1, 0.15) is 10.5 Å². The van der Waals surface area contributed by atoms with Gasteiger partial charge in [0.05, 0.1) is 4.47 Å². The molecule has 0 saturated heterocycles. The van der Waals surface area contributed by atoms with Gasteiger partial charge in [0, 0.05) is 16.8 Å². The highest BCUT2D eigenvalue weighted by molar-refractivity contribution is 9.10. The van der Waals surface area contributed by atoms with E-state index in [1.807, 2.05) is 0 Å². The molecule has 0 bridgehead atoms. The number of halogens is 2. The van der Waals surface area contributed by atoms with Crippen molar-refractivity contribution in [3.8, 4) is 11.4 Å². The van der Waals surface area contributed by atoms with E-state index in [0.717, 1.165) is 0 Å². The van der Waals surface area contributed by atoms with Crippen LogP contribution in [0, 0.1) is 0 Å². The van der Waals surface area contributed by atoms with Gasteiger partial charge in [-0.15, -0.1) is 0 Å². The Morgan fingerprint density at radius 2 is 1.94 bits per heavy atom. The molecule has 0 amide bonds. The van der Waals surface area contributed by atoms with Crippen LogP contribution in [-0.2, 0) is 0 Å². The fraction of sp³-hybridized carbons (Fsp3) is 0. The third-order valence-corrected chi connectivity index (χ3v) is 2.88. The molecule has 6 heteroatoms. The van der Waals surface area contributed by atoms with Crippen molar-refractivity contribution in [3.63, 3.8) is 0 Å². The zero-order chi connectivity index (χ0) is 12.4. The maximum Gasteiger partial charge on any atom is 0.355 e. The maximum absolute atomic E-state index is 10.9. The Morgan fingerprint density at radius 1 is 1.29 bits per heavy atom. The number of nitrogens with zero attached hydrogens (tertiary/aromatic N) is 2. The molecule has 0 aliphatic heterocycles. The van der Waals surface area contributed by atoms with Gasteiger partial charge in [0.15, 0.2) is 11.5 Å². The zero-order valence-electron chi connectivity index (χ0n) is 8.39. The molecule has 2 rings (SSSR count). The number of carbonyl (C=O) groups is 1. The van der Waals surface area contributed by atoms with Gasteiger partial charge < -0.3 is 5.11 Å². The summed E-state index contributed by atoms with van der Waals surface area (Å²) in [6, 6.07) is 6.86. The fourth-order valence-corrected chi connectivity index (χ4v) is 1.74. The minimum absolute atomic E-state index is 0.0649. The Labute approximate surface area is 110 Å². The van der Waals surface area contributed by atoms with Crippen molar-refractivity contribution in [2.75, 3.05) is 0 Å². The Balaban J connectivity index is 2.50. The predicted octanol–water partition coefficient (Wildman–Crippen LogP) is 3.26. The molecule has 2 aromatic rings. The molecule has 1 N–H and O–H groups in total. The standard InChI is InChI=1S/C11H6BrClN2O2/c12-8-5-14-10(15-9(8)11(16)17)6-1-3-7(13)4-2-6/h1-5H,(H,16,17). The van der Waals surface area contributed by atoms with Crippen molar-refractivity contribution >= 4 is 33.5 Å². The number of aromatic carboxylic acids is 1. The van der Waals surface area contributed by atoms with Crippen molar-refractivity contribution in [2.45, 2.75) is 0 Å². The first-order valence-corrected chi connectivity index (χ1v) is 5.77. The lowest BCUT2D eigenvalue weighted by atomic mass is 10.2. The van der Waals surface area contributed by atoms with Gasteiger partial charge in [0.2, 0.25) is 0 Å². The predicted molar refractivity (Wildman–Crippen MR) is 67.1 cm³/mol. The molecule has 4 nitrogen and oxygen atoms in total. The second-order valence-electron chi connectivity index (χ2n) is 3.20. The lowest BCUT2D eigenvalue weighted by Gasteiger charge is -2.03. The fourth-order valence-electron chi connectivity index (χ4n) is 1.26. The van der Waals surface area contributed by atoms with Crippen LogP contribution < -0.4 is 0 Å². The van der Waals surface area contributed by atoms with Gasteiger partial charge in [0.25, 0.3) is 0 Å². The molecular weight excluding hydrogens is 307 g/mol. The molecule has 86 valence electrons. The normalized spacial score (nSPS) is 10.2. The van der Waals surface area contributed by atoms with Crippen molar-refractivity contribution in [3.05, 3.63) is 45.7 Å². The van der Waals surface area contributed by atoms with Crippen LogP contribution in [0.5, 0.6) is 0 Å². The third-order valence-electron chi connectivity index (χ3n) is 2.05. The summed E-state index contributed by atoms with van der Waals surface area (Å²) in [7, 11) is 0. The second kappa shape index (κ2) is 4.81. The van der Waals surface area contributed by atoms with Crippen molar-refractivity contribution in [2.24, 2.45) is 0 Å². The number of hydrogen-bond acceptors (Lipinski definition) is 3. The molecule has 17 heavy (non-hydrogen) atoms. The van der Waals surface area contributed by atoms with Gasteiger partial charge in [0.1, 0.15) is 0 Å². The number of hydrogen-bond donors (Lipinski definition) is 1. The van der Waals surface area contributed by atoms with Gasteiger partial charge in [-0.2, -0.15) is 0 Å². The van der Waals surface area contributed by atoms with E-state index in [4.69, 9.17) is 16.7 Å².